The standard InChI is InChI=1S/C26H21ClN4O2S/c1-16-22(25-29-24(30-33-25)18-8-14-21(34-2)15-9-18)23(17-6-4-3-5-7-17)28-26(32)31(16)20-12-10-19(27)11-13-20/h3-15,23H,1-2H3,(H,28,32). The second-order valence-electron chi connectivity index (χ2n) is 7.76. The molecule has 0 radical (unpaired) electrons. The van der Waals surface area contributed by atoms with Gasteiger partial charge in [-0.1, -0.05) is 47.1 Å². The van der Waals surface area contributed by atoms with Crippen LogP contribution in [0.4, 0.5) is 10.5 Å². The number of rotatable bonds is 5. The Labute approximate surface area is 206 Å². The van der Waals surface area contributed by atoms with Crippen molar-refractivity contribution in [2.45, 2.75) is 17.9 Å². The highest BCUT2D eigenvalue weighted by Gasteiger charge is 2.36. The van der Waals surface area contributed by atoms with Gasteiger partial charge in [-0.3, -0.25) is 4.90 Å². The summed E-state index contributed by atoms with van der Waals surface area (Å²) in [5, 5.41) is 7.93. The van der Waals surface area contributed by atoms with Gasteiger partial charge in [0.25, 0.3) is 5.89 Å². The number of aromatic nitrogens is 2. The van der Waals surface area contributed by atoms with Crippen LogP contribution in [-0.4, -0.2) is 22.4 Å². The molecule has 0 saturated heterocycles. The number of benzene rings is 3. The van der Waals surface area contributed by atoms with E-state index < -0.39 is 6.04 Å². The van der Waals surface area contributed by atoms with E-state index in [4.69, 9.17) is 21.1 Å². The minimum absolute atomic E-state index is 0.246. The fourth-order valence-corrected chi connectivity index (χ4v) is 4.54. The van der Waals surface area contributed by atoms with E-state index in [9.17, 15) is 4.79 Å². The third-order valence-corrected chi connectivity index (χ3v) is 6.70. The first kappa shape index (κ1) is 22.3. The van der Waals surface area contributed by atoms with Gasteiger partial charge >= 0.3 is 6.03 Å². The van der Waals surface area contributed by atoms with Crippen molar-refractivity contribution in [3.63, 3.8) is 0 Å². The summed E-state index contributed by atoms with van der Waals surface area (Å²) in [6, 6.07) is 24.2. The maximum absolute atomic E-state index is 13.2. The lowest BCUT2D eigenvalue weighted by molar-refractivity contribution is 0.244. The first-order valence-electron chi connectivity index (χ1n) is 10.7. The van der Waals surface area contributed by atoms with Gasteiger partial charge in [0.05, 0.1) is 17.3 Å². The molecule has 0 saturated carbocycles. The summed E-state index contributed by atoms with van der Waals surface area (Å²) in [6.07, 6.45) is 2.03. The van der Waals surface area contributed by atoms with E-state index >= 15 is 0 Å². The lowest BCUT2D eigenvalue weighted by Gasteiger charge is -2.35. The Morgan fingerprint density at radius 3 is 2.38 bits per heavy atom. The molecule has 1 aromatic heterocycles. The number of halogens is 1. The van der Waals surface area contributed by atoms with Gasteiger partial charge in [0.2, 0.25) is 5.82 Å². The average Bonchev–Trinajstić information content (AvgIpc) is 3.35. The molecule has 8 heteroatoms. The molecule has 1 aliphatic rings. The molecule has 0 aliphatic carbocycles. The summed E-state index contributed by atoms with van der Waals surface area (Å²) in [7, 11) is 0. The van der Waals surface area contributed by atoms with Crippen LogP contribution in [0.5, 0.6) is 0 Å². The van der Waals surface area contributed by atoms with E-state index in [-0.39, 0.29) is 6.03 Å². The van der Waals surface area contributed by atoms with Crippen LogP contribution >= 0.6 is 23.4 Å². The normalized spacial score (nSPS) is 16.0. The molecule has 2 amide bonds. The van der Waals surface area contributed by atoms with E-state index in [0.717, 1.165) is 21.6 Å². The number of hydrogen-bond donors (Lipinski definition) is 1. The SMILES string of the molecule is CSc1ccc(-c2noc(C3=C(C)N(c4ccc(Cl)cc4)C(=O)NC3c3ccccc3)n2)cc1. The van der Waals surface area contributed by atoms with Gasteiger partial charge in [-0.25, -0.2) is 4.79 Å². The molecule has 0 fully saturated rings. The number of thioether (sulfide) groups is 1. The number of amides is 2. The van der Waals surface area contributed by atoms with Crippen LogP contribution in [0.3, 0.4) is 0 Å². The summed E-state index contributed by atoms with van der Waals surface area (Å²) < 4.78 is 5.75. The fraction of sp³-hybridized carbons (Fsp3) is 0.115. The molecule has 1 atom stereocenters. The number of carbonyl (C=O) groups excluding carboxylic acids is 1. The largest absolute Gasteiger partial charge is 0.334 e. The molecule has 34 heavy (non-hydrogen) atoms. The van der Waals surface area contributed by atoms with Crippen molar-refractivity contribution in [2.24, 2.45) is 0 Å². The Morgan fingerprint density at radius 2 is 1.71 bits per heavy atom. The zero-order valence-corrected chi connectivity index (χ0v) is 20.1. The summed E-state index contributed by atoms with van der Waals surface area (Å²) in [5.41, 5.74) is 3.91. The molecule has 170 valence electrons. The highest BCUT2D eigenvalue weighted by molar-refractivity contribution is 7.98. The minimum Gasteiger partial charge on any atom is -0.334 e. The Balaban J connectivity index is 1.62. The van der Waals surface area contributed by atoms with Crippen LogP contribution < -0.4 is 10.2 Å². The Hall–Kier alpha value is -3.55. The van der Waals surface area contributed by atoms with Gasteiger partial charge in [-0.05, 0) is 67.3 Å². The molecule has 1 N–H and O–H groups in total. The quantitative estimate of drug-likeness (QED) is 0.312. The monoisotopic (exact) mass is 488 g/mol. The average molecular weight is 489 g/mol. The summed E-state index contributed by atoms with van der Waals surface area (Å²) in [4.78, 5) is 20.7. The van der Waals surface area contributed by atoms with Gasteiger partial charge in [-0.2, -0.15) is 4.98 Å². The smallest absolute Gasteiger partial charge is 0.326 e. The van der Waals surface area contributed by atoms with Gasteiger partial charge in [0.15, 0.2) is 0 Å². The highest BCUT2D eigenvalue weighted by atomic mass is 35.5. The third kappa shape index (κ3) is 4.20. The van der Waals surface area contributed by atoms with E-state index in [1.165, 1.54) is 0 Å². The second-order valence-corrected chi connectivity index (χ2v) is 9.07. The van der Waals surface area contributed by atoms with Crippen LogP contribution in [0.2, 0.25) is 5.02 Å². The number of allylic oxidation sites excluding steroid dienone is 1. The zero-order valence-electron chi connectivity index (χ0n) is 18.5. The van der Waals surface area contributed by atoms with Crippen molar-refractivity contribution < 1.29 is 9.32 Å². The first-order valence-corrected chi connectivity index (χ1v) is 12.3. The Morgan fingerprint density at radius 1 is 1.00 bits per heavy atom. The maximum atomic E-state index is 13.2. The lowest BCUT2D eigenvalue weighted by atomic mass is 9.94. The predicted octanol–water partition coefficient (Wildman–Crippen LogP) is 6.81. The molecular formula is C26H21ClN4O2S. The van der Waals surface area contributed by atoms with Gasteiger partial charge in [-0.15, -0.1) is 11.8 Å². The van der Waals surface area contributed by atoms with E-state index in [1.807, 2.05) is 67.8 Å². The Bertz CT molecular complexity index is 1350. The molecule has 0 spiro atoms. The molecule has 1 unspecified atom stereocenters. The molecular weight excluding hydrogens is 468 g/mol. The number of hydrogen-bond acceptors (Lipinski definition) is 5. The molecule has 1 aliphatic heterocycles. The van der Waals surface area contributed by atoms with Crippen LogP contribution in [0.15, 0.2) is 94.0 Å². The minimum atomic E-state index is -0.440. The summed E-state index contributed by atoms with van der Waals surface area (Å²) in [6.45, 7) is 1.88. The lowest BCUT2D eigenvalue weighted by Crippen LogP contribution is -2.46. The van der Waals surface area contributed by atoms with Gasteiger partial charge in [0, 0.05) is 21.2 Å². The van der Waals surface area contributed by atoms with E-state index in [0.29, 0.717) is 28.1 Å². The van der Waals surface area contributed by atoms with Crippen molar-refractivity contribution >= 4 is 40.7 Å². The summed E-state index contributed by atoms with van der Waals surface area (Å²) in [5.74, 6) is 0.846. The van der Waals surface area contributed by atoms with Crippen molar-refractivity contribution in [2.75, 3.05) is 11.2 Å². The van der Waals surface area contributed by atoms with Crippen LogP contribution in [0.25, 0.3) is 17.0 Å². The van der Waals surface area contributed by atoms with Gasteiger partial charge in [0.1, 0.15) is 0 Å². The van der Waals surface area contributed by atoms with Crippen LogP contribution in [-0.2, 0) is 0 Å². The number of anilines is 1. The molecule has 3 aromatic carbocycles. The number of nitrogens with one attached hydrogen (secondary N) is 1. The molecule has 6 nitrogen and oxygen atoms in total. The van der Waals surface area contributed by atoms with Crippen molar-refractivity contribution in [1.82, 2.24) is 15.5 Å². The van der Waals surface area contributed by atoms with Gasteiger partial charge < -0.3 is 9.84 Å². The summed E-state index contributed by atoms with van der Waals surface area (Å²) >= 11 is 7.74. The second kappa shape index (κ2) is 9.37. The van der Waals surface area contributed by atoms with Crippen molar-refractivity contribution in [3.05, 3.63) is 101 Å². The first-order chi connectivity index (χ1) is 16.5. The van der Waals surface area contributed by atoms with Crippen molar-refractivity contribution in [3.8, 4) is 11.4 Å². The number of urea groups is 1. The van der Waals surface area contributed by atoms with E-state index in [2.05, 4.69) is 10.5 Å². The zero-order chi connectivity index (χ0) is 23.7. The number of carbonyl (C=O) groups is 1. The van der Waals surface area contributed by atoms with Crippen LogP contribution in [0, 0.1) is 0 Å². The maximum Gasteiger partial charge on any atom is 0.326 e. The van der Waals surface area contributed by atoms with E-state index in [1.54, 1.807) is 40.9 Å². The van der Waals surface area contributed by atoms with Crippen molar-refractivity contribution in [1.29, 1.82) is 0 Å². The van der Waals surface area contributed by atoms with Crippen LogP contribution in [0.1, 0.15) is 24.4 Å². The highest BCUT2D eigenvalue weighted by Crippen LogP contribution is 2.39. The molecule has 2 heterocycles. The molecule has 5 rings (SSSR count). The predicted molar refractivity (Wildman–Crippen MR) is 136 cm³/mol. The topological polar surface area (TPSA) is 71.3 Å². The fourth-order valence-electron chi connectivity index (χ4n) is 4.01. The molecule has 0 bridgehead atoms. The molecule has 4 aromatic rings. The Kier molecular flexibility index (Phi) is 6.13. The number of nitrogens with zero attached hydrogens (tertiary/aromatic N) is 3. The third-order valence-electron chi connectivity index (χ3n) is 5.71.